The summed E-state index contributed by atoms with van der Waals surface area (Å²) in [4.78, 5) is 10.7. The van der Waals surface area contributed by atoms with Gasteiger partial charge in [-0.25, -0.2) is 13.6 Å². The maximum absolute atomic E-state index is 12.8. The van der Waals surface area contributed by atoms with Crippen LogP contribution in [0.4, 0.5) is 8.78 Å². The fraction of sp³-hybridized carbons (Fsp3) is 0.222. The highest BCUT2D eigenvalue weighted by atomic mass is 19.1. The van der Waals surface area contributed by atoms with Gasteiger partial charge in [0.15, 0.2) is 0 Å². The second kappa shape index (κ2) is 2.80. The average Bonchev–Trinajstić information content (AvgIpc) is 2.08. The number of hydrogen-bond acceptors (Lipinski definition) is 2. The Labute approximate surface area is 73.1 Å². The lowest BCUT2D eigenvalue weighted by Crippen LogP contribution is -2.28. The van der Waals surface area contributed by atoms with E-state index in [2.05, 4.69) is 4.74 Å². The van der Waals surface area contributed by atoms with E-state index in [0.29, 0.717) is 5.56 Å². The van der Waals surface area contributed by atoms with Gasteiger partial charge >= 0.3 is 5.97 Å². The van der Waals surface area contributed by atoms with E-state index in [1.54, 1.807) is 0 Å². The summed E-state index contributed by atoms with van der Waals surface area (Å²) in [6.07, 6.45) is -1.66. The summed E-state index contributed by atoms with van der Waals surface area (Å²) in [6, 6.07) is 3.72. The molecule has 2 rings (SSSR count). The Morgan fingerprint density at radius 1 is 1.46 bits per heavy atom. The van der Waals surface area contributed by atoms with E-state index in [0.717, 1.165) is 6.07 Å². The monoisotopic (exact) mass is 184 g/mol. The molecule has 0 aliphatic carbocycles. The van der Waals surface area contributed by atoms with Gasteiger partial charge in [-0.05, 0) is 11.6 Å². The predicted octanol–water partition coefficient (Wildman–Crippen LogP) is 1.63. The van der Waals surface area contributed by atoms with Gasteiger partial charge in [0.25, 0.3) is 0 Å². The molecule has 0 aromatic heterocycles. The normalized spacial score (nSPS) is 20.8. The number of esters is 1. The summed E-state index contributed by atoms with van der Waals surface area (Å²) in [5.41, 5.74) is 0.522. The van der Waals surface area contributed by atoms with Crippen LogP contribution in [0.25, 0.3) is 0 Å². The summed E-state index contributed by atoms with van der Waals surface area (Å²) in [5, 5.41) is 0. The molecule has 1 aromatic carbocycles. The number of ether oxygens (including phenoxy) is 1. The predicted molar refractivity (Wildman–Crippen MR) is 40.6 cm³/mol. The second-order valence-electron chi connectivity index (χ2n) is 2.84. The Balaban J connectivity index is 2.42. The van der Waals surface area contributed by atoms with Crippen molar-refractivity contribution in [3.05, 3.63) is 29.6 Å². The fourth-order valence-corrected chi connectivity index (χ4v) is 1.24. The van der Waals surface area contributed by atoms with Crippen molar-refractivity contribution in [1.82, 2.24) is 0 Å². The van der Waals surface area contributed by atoms with E-state index in [9.17, 15) is 13.6 Å². The maximum Gasteiger partial charge on any atom is 0.346 e. The summed E-state index contributed by atoms with van der Waals surface area (Å²) in [6.45, 7) is 0. The van der Waals surface area contributed by atoms with Crippen LogP contribution in [-0.2, 0) is 11.2 Å². The molecule has 2 nitrogen and oxygen atoms in total. The number of halogens is 2. The molecule has 1 heterocycles. The topological polar surface area (TPSA) is 26.3 Å². The zero-order valence-corrected chi connectivity index (χ0v) is 6.59. The zero-order valence-electron chi connectivity index (χ0n) is 6.59. The Morgan fingerprint density at radius 3 is 3.00 bits per heavy atom. The molecule has 13 heavy (non-hydrogen) atoms. The Hall–Kier alpha value is -1.45. The molecule has 1 aliphatic rings. The number of fused-ring (bicyclic) bond motifs is 1. The van der Waals surface area contributed by atoms with Crippen LogP contribution in [0.1, 0.15) is 5.56 Å². The van der Waals surface area contributed by atoms with Gasteiger partial charge in [0.05, 0.1) is 0 Å². The van der Waals surface area contributed by atoms with Crippen molar-refractivity contribution in [2.75, 3.05) is 0 Å². The van der Waals surface area contributed by atoms with Crippen LogP contribution in [-0.4, -0.2) is 12.1 Å². The molecule has 0 bridgehead atoms. The van der Waals surface area contributed by atoms with Crippen molar-refractivity contribution in [2.24, 2.45) is 0 Å². The third-order valence-corrected chi connectivity index (χ3v) is 1.89. The van der Waals surface area contributed by atoms with Crippen LogP contribution >= 0.6 is 0 Å². The first-order chi connectivity index (χ1) is 6.16. The van der Waals surface area contributed by atoms with E-state index in [-0.39, 0.29) is 12.2 Å². The largest absolute Gasteiger partial charge is 0.424 e. The smallest absolute Gasteiger partial charge is 0.346 e. The van der Waals surface area contributed by atoms with Crippen molar-refractivity contribution in [3.8, 4) is 5.75 Å². The number of alkyl halides is 1. The lowest BCUT2D eigenvalue weighted by Gasteiger charge is -2.17. The van der Waals surface area contributed by atoms with Crippen LogP contribution < -0.4 is 4.74 Å². The molecule has 68 valence electrons. The summed E-state index contributed by atoms with van der Waals surface area (Å²) in [7, 11) is 0. The molecule has 0 amide bonds. The zero-order chi connectivity index (χ0) is 9.42. The molecule has 4 heteroatoms. The van der Waals surface area contributed by atoms with Crippen LogP contribution in [0, 0.1) is 5.82 Å². The van der Waals surface area contributed by atoms with Gasteiger partial charge in [-0.15, -0.1) is 0 Å². The van der Waals surface area contributed by atoms with Crippen molar-refractivity contribution < 1.29 is 18.3 Å². The molecule has 1 atom stereocenters. The standard InChI is InChI=1S/C9H6F2O2/c10-6-2-1-5-3-7(11)9(12)13-8(5)4-6/h1-2,4,7H,3H2/t7-/m0/s1. The molecular weight excluding hydrogens is 178 g/mol. The van der Waals surface area contributed by atoms with Gasteiger partial charge in [-0.3, -0.25) is 0 Å². The lowest BCUT2D eigenvalue weighted by molar-refractivity contribution is -0.141. The average molecular weight is 184 g/mol. The van der Waals surface area contributed by atoms with Crippen molar-refractivity contribution in [3.63, 3.8) is 0 Å². The first kappa shape index (κ1) is 8.16. The second-order valence-corrected chi connectivity index (χ2v) is 2.84. The molecule has 1 aromatic rings. The highest BCUT2D eigenvalue weighted by Gasteiger charge is 2.27. The van der Waals surface area contributed by atoms with Gasteiger partial charge in [0.2, 0.25) is 6.17 Å². The van der Waals surface area contributed by atoms with E-state index in [1.807, 2.05) is 0 Å². The lowest BCUT2D eigenvalue weighted by atomic mass is 10.1. The minimum Gasteiger partial charge on any atom is -0.424 e. The van der Waals surface area contributed by atoms with Gasteiger partial charge in [-0.1, -0.05) is 6.07 Å². The minimum absolute atomic E-state index is 0.0333. The third-order valence-electron chi connectivity index (χ3n) is 1.89. The van der Waals surface area contributed by atoms with E-state index < -0.39 is 18.0 Å². The van der Waals surface area contributed by atoms with E-state index in [4.69, 9.17) is 0 Å². The molecule has 0 fully saturated rings. The molecule has 0 N–H and O–H groups in total. The van der Waals surface area contributed by atoms with Crippen molar-refractivity contribution >= 4 is 5.97 Å². The minimum atomic E-state index is -1.63. The van der Waals surface area contributed by atoms with E-state index in [1.165, 1.54) is 12.1 Å². The first-order valence-corrected chi connectivity index (χ1v) is 3.81. The van der Waals surface area contributed by atoms with Crippen LogP contribution in [0.2, 0.25) is 0 Å². The maximum atomic E-state index is 12.8. The fourth-order valence-electron chi connectivity index (χ4n) is 1.24. The van der Waals surface area contributed by atoms with Crippen LogP contribution in [0.15, 0.2) is 18.2 Å². The van der Waals surface area contributed by atoms with Gasteiger partial charge in [0.1, 0.15) is 11.6 Å². The number of hydrogen-bond donors (Lipinski definition) is 0. The van der Waals surface area contributed by atoms with Crippen molar-refractivity contribution in [1.29, 1.82) is 0 Å². The molecular formula is C9H6F2O2. The number of carbonyl (C=O) groups is 1. The molecule has 0 saturated heterocycles. The Kier molecular flexibility index (Phi) is 1.76. The molecule has 0 spiro atoms. The Morgan fingerprint density at radius 2 is 2.23 bits per heavy atom. The molecule has 0 saturated carbocycles. The quantitative estimate of drug-likeness (QED) is 0.452. The van der Waals surface area contributed by atoms with Crippen molar-refractivity contribution in [2.45, 2.75) is 12.6 Å². The highest BCUT2D eigenvalue weighted by molar-refractivity contribution is 5.79. The first-order valence-electron chi connectivity index (χ1n) is 3.81. The highest BCUT2D eigenvalue weighted by Crippen LogP contribution is 2.26. The van der Waals surface area contributed by atoms with E-state index >= 15 is 0 Å². The molecule has 1 aliphatic heterocycles. The number of benzene rings is 1. The van der Waals surface area contributed by atoms with Gasteiger partial charge in [0, 0.05) is 12.5 Å². The SMILES string of the molecule is O=C1Oc2cc(F)ccc2C[C@@H]1F. The Bertz CT molecular complexity index is 363. The van der Waals surface area contributed by atoms with Crippen LogP contribution in [0.5, 0.6) is 5.75 Å². The van der Waals surface area contributed by atoms with Crippen LogP contribution in [0.3, 0.4) is 0 Å². The summed E-state index contributed by atoms with van der Waals surface area (Å²) >= 11 is 0. The number of carbonyl (C=O) groups excluding carboxylic acids is 1. The molecule has 0 radical (unpaired) electrons. The number of rotatable bonds is 0. The third kappa shape index (κ3) is 1.39. The summed E-state index contributed by atoms with van der Waals surface area (Å²) < 4.78 is 30.0. The van der Waals surface area contributed by atoms with Gasteiger partial charge < -0.3 is 4.74 Å². The summed E-state index contributed by atoms with van der Waals surface area (Å²) in [5.74, 6) is -1.32. The van der Waals surface area contributed by atoms with Gasteiger partial charge in [-0.2, -0.15) is 0 Å². The molecule has 0 unspecified atom stereocenters.